The van der Waals surface area contributed by atoms with Crippen molar-refractivity contribution in [2.75, 3.05) is 6.26 Å². The second-order valence-corrected chi connectivity index (χ2v) is 9.73. The van der Waals surface area contributed by atoms with E-state index < -0.39 is 9.84 Å². The summed E-state index contributed by atoms with van der Waals surface area (Å²) in [6, 6.07) is 22.2. The molecule has 0 aliphatic heterocycles. The Kier molecular flexibility index (Phi) is 5.65. The summed E-state index contributed by atoms with van der Waals surface area (Å²) in [5.41, 5.74) is 1.88. The van der Waals surface area contributed by atoms with Gasteiger partial charge in [-0.15, -0.1) is 11.3 Å². The zero-order valence-corrected chi connectivity index (χ0v) is 17.7. The molecule has 0 radical (unpaired) electrons. The van der Waals surface area contributed by atoms with E-state index in [-0.39, 0.29) is 17.3 Å². The van der Waals surface area contributed by atoms with Crippen LogP contribution in [-0.2, 0) is 16.4 Å². The zero-order chi connectivity index (χ0) is 21.1. The predicted molar refractivity (Wildman–Crippen MR) is 117 cm³/mol. The molecule has 1 aromatic heterocycles. The van der Waals surface area contributed by atoms with Crippen LogP contribution in [0.5, 0.6) is 5.75 Å². The molecule has 0 amide bonds. The summed E-state index contributed by atoms with van der Waals surface area (Å²) in [7, 11) is -3.45. The molecule has 0 unspecified atom stereocenters. The number of ether oxygens (including phenoxy) is 1. The molecule has 0 N–H and O–H groups in total. The first-order chi connectivity index (χ1) is 14.4. The summed E-state index contributed by atoms with van der Waals surface area (Å²) in [5.74, 6) is 0.369. The molecule has 0 atom stereocenters. The largest absolute Gasteiger partial charge is 0.486 e. The number of para-hydroxylation sites is 1. The normalized spacial score (nSPS) is 11.4. The fraction of sp³-hybridized carbons (Fsp3) is 0.0870. The number of aromatic nitrogens is 1. The smallest absolute Gasteiger partial charge is 0.176 e. The summed E-state index contributed by atoms with van der Waals surface area (Å²) in [6.45, 7) is 0.240. The lowest BCUT2D eigenvalue weighted by molar-refractivity contribution is 0.305. The Hall–Kier alpha value is -3.03. The monoisotopic (exact) mass is 439 g/mol. The lowest BCUT2D eigenvalue weighted by Crippen LogP contribution is -1.99. The average molecular weight is 440 g/mol. The molecule has 1 heterocycles. The Morgan fingerprint density at radius 1 is 0.933 bits per heavy atom. The van der Waals surface area contributed by atoms with Gasteiger partial charge in [0, 0.05) is 17.4 Å². The van der Waals surface area contributed by atoms with Crippen LogP contribution in [0.25, 0.3) is 21.7 Å². The van der Waals surface area contributed by atoms with Crippen LogP contribution in [0, 0.1) is 5.82 Å². The Morgan fingerprint density at radius 3 is 2.30 bits per heavy atom. The second-order valence-electron chi connectivity index (χ2n) is 6.66. The van der Waals surface area contributed by atoms with E-state index >= 15 is 0 Å². The number of hydrogen-bond acceptors (Lipinski definition) is 5. The van der Waals surface area contributed by atoms with Gasteiger partial charge in [-0.2, -0.15) is 0 Å². The van der Waals surface area contributed by atoms with Gasteiger partial charge in [0.25, 0.3) is 0 Å². The van der Waals surface area contributed by atoms with Gasteiger partial charge < -0.3 is 4.74 Å². The molecular weight excluding hydrogens is 421 g/mol. The Balaban J connectivity index is 1.81. The van der Waals surface area contributed by atoms with Crippen molar-refractivity contribution >= 4 is 21.2 Å². The summed E-state index contributed by atoms with van der Waals surface area (Å²) in [6.07, 6.45) is 1.18. The first-order valence-corrected chi connectivity index (χ1v) is 11.9. The molecule has 0 bridgehead atoms. The van der Waals surface area contributed by atoms with Crippen LogP contribution in [0.1, 0.15) is 5.01 Å². The van der Waals surface area contributed by atoms with E-state index in [1.54, 1.807) is 36.4 Å². The third-order valence-electron chi connectivity index (χ3n) is 4.43. The molecule has 4 nitrogen and oxygen atoms in total. The van der Waals surface area contributed by atoms with Crippen molar-refractivity contribution in [1.82, 2.24) is 4.98 Å². The molecule has 0 saturated heterocycles. The topological polar surface area (TPSA) is 56.3 Å². The van der Waals surface area contributed by atoms with Gasteiger partial charge in [0.2, 0.25) is 0 Å². The van der Waals surface area contributed by atoms with E-state index in [0.717, 1.165) is 0 Å². The molecule has 0 fully saturated rings. The van der Waals surface area contributed by atoms with Crippen LogP contribution in [0.3, 0.4) is 0 Å². The third-order valence-corrected chi connectivity index (χ3v) is 6.64. The molecule has 0 aliphatic carbocycles. The number of benzene rings is 3. The predicted octanol–water partition coefficient (Wildman–Crippen LogP) is 5.60. The van der Waals surface area contributed by atoms with Crippen molar-refractivity contribution in [3.8, 4) is 27.4 Å². The van der Waals surface area contributed by atoms with E-state index in [4.69, 9.17) is 9.72 Å². The minimum atomic E-state index is -3.45. The zero-order valence-electron chi connectivity index (χ0n) is 16.1. The standard InChI is InChI=1S/C23H18FNO3S2/c1-30(26,27)20-10-6-5-9-19(20)23-22(16-11-13-17(24)14-12-16)25-21(29-23)15-28-18-7-3-2-4-8-18/h2-14H,15H2,1H3. The maximum absolute atomic E-state index is 13.4. The molecule has 152 valence electrons. The summed E-state index contributed by atoms with van der Waals surface area (Å²) in [4.78, 5) is 5.63. The summed E-state index contributed by atoms with van der Waals surface area (Å²) in [5, 5.41) is 0.691. The molecule has 4 rings (SSSR count). The summed E-state index contributed by atoms with van der Waals surface area (Å²) < 4.78 is 44.0. The van der Waals surface area contributed by atoms with Gasteiger partial charge in [-0.25, -0.2) is 17.8 Å². The first-order valence-electron chi connectivity index (χ1n) is 9.15. The van der Waals surface area contributed by atoms with Crippen LogP contribution in [-0.4, -0.2) is 19.7 Å². The molecule has 7 heteroatoms. The van der Waals surface area contributed by atoms with Gasteiger partial charge in [0.1, 0.15) is 23.2 Å². The molecule has 3 aromatic carbocycles. The highest BCUT2D eigenvalue weighted by atomic mass is 32.2. The van der Waals surface area contributed by atoms with Crippen LogP contribution >= 0.6 is 11.3 Å². The Bertz CT molecular complexity index is 1270. The van der Waals surface area contributed by atoms with Crippen molar-refractivity contribution in [3.05, 3.63) is 89.7 Å². The Morgan fingerprint density at radius 2 is 1.60 bits per heavy atom. The molecule has 30 heavy (non-hydrogen) atoms. The maximum atomic E-state index is 13.4. The lowest BCUT2D eigenvalue weighted by atomic mass is 10.1. The third kappa shape index (κ3) is 4.42. The highest BCUT2D eigenvalue weighted by Crippen LogP contribution is 2.40. The van der Waals surface area contributed by atoms with Crippen LogP contribution in [0.2, 0.25) is 0 Å². The van der Waals surface area contributed by atoms with E-state index in [0.29, 0.717) is 32.5 Å². The van der Waals surface area contributed by atoms with Crippen LogP contribution in [0.4, 0.5) is 4.39 Å². The fourth-order valence-corrected chi connectivity index (χ4v) is 5.05. The quantitative estimate of drug-likeness (QED) is 0.392. The van der Waals surface area contributed by atoms with Crippen LogP contribution in [0.15, 0.2) is 83.8 Å². The van der Waals surface area contributed by atoms with Gasteiger partial charge in [0.15, 0.2) is 9.84 Å². The highest BCUT2D eigenvalue weighted by Gasteiger charge is 2.21. The van der Waals surface area contributed by atoms with E-state index in [2.05, 4.69) is 0 Å². The fourth-order valence-electron chi connectivity index (χ4n) is 3.05. The number of nitrogens with zero attached hydrogens (tertiary/aromatic N) is 1. The highest BCUT2D eigenvalue weighted by molar-refractivity contribution is 7.90. The van der Waals surface area contributed by atoms with Gasteiger partial charge >= 0.3 is 0 Å². The van der Waals surface area contributed by atoms with Crippen LogP contribution < -0.4 is 4.74 Å². The van der Waals surface area contributed by atoms with Crippen molar-refractivity contribution in [2.45, 2.75) is 11.5 Å². The number of halogens is 1. The number of rotatable bonds is 6. The van der Waals surface area contributed by atoms with Gasteiger partial charge in [-0.1, -0.05) is 36.4 Å². The van der Waals surface area contributed by atoms with E-state index in [9.17, 15) is 12.8 Å². The molecule has 0 saturated carbocycles. The average Bonchev–Trinajstić information content (AvgIpc) is 3.17. The van der Waals surface area contributed by atoms with E-state index in [1.165, 1.54) is 29.7 Å². The van der Waals surface area contributed by atoms with Gasteiger partial charge in [-0.3, -0.25) is 0 Å². The molecular formula is C23H18FNO3S2. The summed E-state index contributed by atoms with van der Waals surface area (Å²) >= 11 is 1.37. The van der Waals surface area contributed by atoms with Gasteiger partial charge in [-0.05, 0) is 42.5 Å². The van der Waals surface area contributed by atoms with E-state index in [1.807, 2.05) is 30.3 Å². The lowest BCUT2D eigenvalue weighted by Gasteiger charge is -2.08. The van der Waals surface area contributed by atoms with Gasteiger partial charge in [0.05, 0.1) is 15.5 Å². The number of sulfone groups is 1. The van der Waals surface area contributed by atoms with Crippen molar-refractivity contribution in [3.63, 3.8) is 0 Å². The maximum Gasteiger partial charge on any atom is 0.176 e. The van der Waals surface area contributed by atoms with Crippen molar-refractivity contribution in [2.24, 2.45) is 0 Å². The molecule has 4 aromatic rings. The second kappa shape index (κ2) is 8.38. The molecule has 0 aliphatic rings. The molecule has 0 spiro atoms. The van der Waals surface area contributed by atoms with Crippen molar-refractivity contribution < 1.29 is 17.5 Å². The SMILES string of the molecule is CS(=O)(=O)c1ccccc1-c1sc(COc2ccccc2)nc1-c1ccc(F)cc1. The number of thiazole rings is 1. The Labute approximate surface area is 178 Å². The minimum Gasteiger partial charge on any atom is -0.486 e. The minimum absolute atomic E-state index is 0.229. The number of hydrogen-bond donors (Lipinski definition) is 0. The van der Waals surface area contributed by atoms with Crippen molar-refractivity contribution in [1.29, 1.82) is 0 Å². The first kappa shape index (κ1) is 20.3.